The fourth-order valence-electron chi connectivity index (χ4n) is 2.01. The number of aliphatic hydroxyl groups excluding tert-OH is 1. The normalized spacial score (nSPS) is 21.3. The van der Waals surface area contributed by atoms with E-state index < -0.39 is 21.9 Å². The first-order valence-electron chi connectivity index (χ1n) is 5.89. The largest absolute Gasteiger partial charge is 0.433 e. The Hall–Kier alpha value is -1.19. The van der Waals surface area contributed by atoms with Gasteiger partial charge in [-0.1, -0.05) is 0 Å². The molecular formula is C11H13F3N2O3S. The number of rotatable bonds is 3. The number of aromatic nitrogens is 1. The van der Waals surface area contributed by atoms with Crippen LogP contribution in [-0.4, -0.2) is 42.5 Å². The van der Waals surface area contributed by atoms with Crippen molar-refractivity contribution in [2.45, 2.75) is 17.5 Å². The molecule has 1 fully saturated rings. The smallest absolute Gasteiger partial charge is 0.396 e. The summed E-state index contributed by atoms with van der Waals surface area (Å²) in [5.74, 6) is -0.132. The van der Waals surface area contributed by atoms with E-state index in [4.69, 9.17) is 5.11 Å². The van der Waals surface area contributed by atoms with Crippen molar-refractivity contribution < 1.29 is 26.7 Å². The highest BCUT2D eigenvalue weighted by molar-refractivity contribution is 7.89. The van der Waals surface area contributed by atoms with Crippen LogP contribution < -0.4 is 0 Å². The molecule has 5 nitrogen and oxygen atoms in total. The Morgan fingerprint density at radius 1 is 1.40 bits per heavy atom. The lowest BCUT2D eigenvalue weighted by molar-refractivity contribution is -0.141. The summed E-state index contributed by atoms with van der Waals surface area (Å²) in [7, 11) is -3.85. The average molecular weight is 310 g/mol. The maximum atomic E-state index is 12.4. The van der Waals surface area contributed by atoms with Crippen molar-refractivity contribution in [1.29, 1.82) is 0 Å². The van der Waals surface area contributed by atoms with Crippen molar-refractivity contribution in [3.8, 4) is 0 Å². The van der Waals surface area contributed by atoms with Gasteiger partial charge in [0, 0.05) is 25.9 Å². The van der Waals surface area contributed by atoms with E-state index in [1.807, 2.05) is 0 Å². The number of hydrogen-bond acceptors (Lipinski definition) is 4. The number of alkyl halides is 3. The predicted octanol–water partition coefficient (Wildman–Crippen LogP) is 1.10. The third-order valence-electron chi connectivity index (χ3n) is 3.17. The van der Waals surface area contributed by atoms with Gasteiger partial charge >= 0.3 is 6.18 Å². The minimum absolute atomic E-state index is 0.114. The highest BCUT2D eigenvalue weighted by Gasteiger charge is 2.35. The number of nitrogens with zero attached hydrogens (tertiary/aromatic N) is 2. The number of pyridine rings is 1. The fourth-order valence-corrected chi connectivity index (χ4v) is 3.49. The molecule has 1 aliphatic heterocycles. The molecule has 1 saturated heterocycles. The molecule has 1 aliphatic rings. The lowest BCUT2D eigenvalue weighted by atomic mass is 10.1. The first-order chi connectivity index (χ1) is 9.25. The average Bonchev–Trinajstić information content (AvgIpc) is 2.87. The fraction of sp³-hybridized carbons (Fsp3) is 0.545. The zero-order chi connectivity index (χ0) is 15.0. The summed E-state index contributed by atoms with van der Waals surface area (Å²) in [6, 6.07) is 1.55. The Morgan fingerprint density at radius 3 is 2.55 bits per heavy atom. The molecule has 20 heavy (non-hydrogen) atoms. The number of halogens is 3. The molecule has 0 aromatic carbocycles. The van der Waals surface area contributed by atoms with Crippen LogP contribution in [0.25, 0.3) is 0 Å². The molecule has 0 amide bonds. The van der Waals surface area contributed by atoms with Gasteiger partial charge in [-0.15, -0.1) is 0 Å². The summed E-state index contributed by atoms with van der Waals surface area (Å²) >= 11 is 0. The van der Waals surface area contributed by atoms with E-state index in [-0.39, 0.29) is 30.5 Å². The summed E-state index contributed by atoms with van der Waals surface area (Å²) < 4.78 is 62.6. The van der Waals surface area contributed by atoms with Gasteiger partial charge in [0.1, 0.15) is 10.6 Å². The maximum Gasteiger partial charge on any atom is 0.433 e. The Balaban J connectivity index is 2.23. The molecule has 1 aromatic rings. The van der Waals surface area contributed by atoms with E-state index >= 15 is 0 Å². The van der Waals surface area contributed by atoms with Crippen LogP contribution >= 0.6 is 0 Å². The standard InChI is InChI=1S/C11H13F3N2O3S/c12-11(13,14)10-2-1-9(5-15-10)20(18,19)16-4-3-8(6-16)7-17/h1-2,5,8,17H,3-4,6-7H2. The quantitative estimate of drug-likeness (QED) is 0.908. The highest BCUT2D eigenvalue weighted by Crippen LogP contribution is 2.29. The third-order valence-corrected chi connectivity index (χ3v) is 5.02. The third kappa shape index (κ3) is 2.94. The molecule has 2 rings (SSSR count). The predicted molar refractivity (Wildman–Crippen MR) is 63.2 cm³/mol. The van der Waals surface area contributed by atoms with Crippen molar-refractivity contribution in [2.24, 2.45) is 5.92 Å². The number of aliphatic hydroxyl groups is 1. The molecule has 9 heteroatoms. The van der Waals surface area contributed by atoms with Crippen LogP contribution in [0, 0.1) is 5.92 Å². The molecule has 0 radical (unpaired) electrons. The van der Waals surface area contributed by atoms with Crippen LogP contribution in [0.4, 0.5) is 13.2 Å². The van der Waals surface area contributed by atoms with Crippen molar-refractivity contribution in [2.75, 3.05) is 19.7 Å². The lowest BCUT2D eigenvalue weighted by Crippen LogP contribution is -2.29. The Kier molecular flexibility index (Phi) is 4.03. The molecule has 1 atom stereocenters. The second-order valence-corrected chi connectivity index (χ2v) is 6.52. The van der Waals surface area contributed by atoms with Gasteiger partial charge < -0.3 is 5.11 Å². The van der Waals surface area contributed by atoms with Crippen LogP contribution in [0.3, 0.4) is 0 Å². The molecule has 112 valence electrons. The molecule has 0 bridgehead atoms. The Labute approximate surface area is 114 Å². The van der Waals surface area contributed by atoms with Crippen molar-refractivity contribution >= 4 is 10.0 Å². The lowest BCUT2D eigenvalue weighted by Gasteiger charge is -2.16. The number of hydrogen-bond donors (Lipinski definition) is 1. The van der Waals surface area contributed by atoms with Gasteiger partial charge in [0.15, 0.2) is 0 Å². The van der Waals surface area contributed by atoms with Crippen molar-refractivity contribution in [1.82, 2.24) is 9.29 Å². The van der Waals surface area contributed by atoms with Gasteiger partial charge in [0.2, 0.25) is 10.0 Å². The van der Waals surface area contributed by atoms with Crippen LogP contribution in [0.15, 0.2) is 23.2 Å². The molecule has 1 unspecified atom stereocenters. The van der Waals surface area contributed by atoms with Crippen molar-refractivity contribution in [3.05, 3.63) is 24.0 Å². The monoisotopic (exact) mass is 310 g/mol. The second kappa shape index (κ2) is 5.30. The summed E-state index contributed by atoms with van der Waals surface area (Å²) in [5.41, 5.74) is -1.13. The minimum atomic E-state index is -4.60. The van der Waals surface area contributed by atoms with Gasteiger partial charge in [-0.2, -0.15) is 17.5 Å². The van der Waals surface area contributed by atoms with Gasteiger partial charge in [-0.05, 0) is 24.5 Å². The highest BCUT2D eigenvalue weighted by atomic mass is 32.2. The molecule has 0 spiro atoms. The molecule has 1 aromatic heterocycles. The molecular weight excluding hydrogens is 297 g/mol. The van der Waals surface area contributed by atoms with Crippen LogP contribution in [-0.2, 0) is 16.2 Å². The Morgan fingerprint density at radius 2 is 2.10 bits per heavy atom. The van der Waals surface area contributed by atoms with Gasteiger partial charge in [0.05, 0.1) is 0 Å². The maximum absolute atomic E-state index is 12.4. The summed E-state index contributed by atoms with van der Waals surface area (Å²) in [6.45, 7) is 0.297. The van der Waals surface area contributed by atoms with Crippen LogP contribution in [0.2, 0.25) is 0 Å². The van der Waals surface area contributed by atoms with Gasteiger partial charge in [0.25, 0.3) is 0 Å². The summed E-state index contributed by atoms with van der Waals surface area (Å²) in [4.78, 5) is 2.87. The molecule has 0 saturated carbocycles. The summed E-state index contributed by atoms with van der Waals surface area (Å²) in [5, 5.41) is 8.99. The van der Waals surface area contributed by atoms with Crippen LogP contribution in [0.1, 0.15) is 12.1 Å². The first-order valence-corrected chi connectivity index (χ1v) is 7.33. The van der Waals surface area contributed by atoms with E-state index in [0.717, 1.165) is 10.4 Å². The minimum Gasteiger partial charge on any atom is -0.396 e. The molecule has 1 N–H and O–H groups in total. The second-order valence-electron chi connectivity index (χ2n) is 4.58. The van der Waals surface area contributed by atoms with Crippen molar-refractivity contribution in [3.63, 3.8) is 0 Å². The van der Waals surface area contributed by atoms with E-state index in [2.05, 4.69) is 4.98 Å². The zero-order valence-electron chi connectivity index (χ0n) is 10.3. The van der Waals surface area contributed by atoms with Crippen LogP contribution in [0.5, 0.6) is 0 Å². The zero-order valence-corrected chi connectivity index (χ0v) is 11.2. The van der Waals surface area contributed by atoms with E-state index in [9.17, 15) is 21.6 Å². The van der Waals surface area contributed by atoms with Gasteiger partial charge in [-0.3, -0.25) is 4.98 Å². The topological polar surface area (TPSA) is 70.5 Å². The van der Waals surface area contributed by atoms with E-state index in [1.54, 1.807) is 0 Å². The number of sulfonamides is 1. The summed E-state index contributed by atoms with van der Waals surface area (Å²) in [6.07, 6.45) is -3.36. The first kappa shape index (κ1) is 15.2. The van der Waals surface area contributed by atoms with E-state index in [0.29, 0.717) is 18.7 Å². The molecule has 0 aliphatic carbocycles. The SMILES string of the molecule is O=S(=O)(c1ccc(C(F)(F)F)nc1)N1CCC(CO)C1. The molecule has 2 heterocycles. The van der Waals surface area contributed by atoms with Gasteiger partial charge in [-0.25, -0.2) is 8.42 Å². The van der Waals surface area contributed by atoms with E-state index in [1.165, 1.54) is 0 Å². The Bertz CT molecular complexity index is 572.